The molecule has 4 heteroatoms. The molecule has 0 saturated heterocycles. The average Bonchev–Trinajstić information content (AvgIpc) is 2.19. The molecule has 0 unspecified atom stereocenters. The van der Waals surface area contributed by atoms with Crippen LogP contribution in [0.5, 0.6) is 0 Å². The number of hydrogen-bond acceptors (Lipinski definition) is 2. The Labute approximate surface area is 93.7 Å². The second kappa shape index (κ2) is 4.96. The lowest BCUT2D eigenvalue weighted by molar-refractivity contribution is 0.949. The minimum Gasteiger partial charge on any atom is -0.330 e. The van der Waals surface area contributed by atoms with Crippen LogP contribution in [0.4, 0.5) is 0 Å². The van der Waals surface area contributed by atoms with Gasteiger partial charge in [0.05, 0.1) is 0 Å². The van der Waals surface area contributed by atoms with Gasteiger partial charge >= 0.3 is 0 Å². The molecule has 0 aliphatic heterocycles. The number of nitrogens with two attached hydrogens (primary N) is 1. The summed E-state index contributed by atoms with van der Waals surface area (Å²) >= 11 is 0. The Morgan fingerprint density at radius 1 is 1.27 bits per heavy atom. The molecule has 1 heterocycles. The highest BCUT2D eigenvalue weighted by atomic mass is 35.5. The molecule has 0 amide bonds. The molecule has 1 aromatic heterocycles. The van der Waals surface area contributed by atoms with Gasteiger partial charge in [-0.3, -0.25) is 4.79 Å². The zero-order valence-electron chi connectivity index (χ0n) is 8.19. The smallest absolute Gasteiger partial charge is 0.251 e. The van der Waals surface area contributed by atoms with Crippen molar-refractivity contribution in [3.05, 3.63) is 46.2 Å². The van der Waals surface area contributed by atoms with E-state index in [0.717, 1.165) is 16.5 Å². The average molecular weight is 225 g/mol. The maximum absolute atomic E-state index is 11.5. The van der Waals surface area contributed by atoms with E-state index >= 15 is 0 Å². The topological polar surface area (TPSA) is 58.9 Å². The Bertz CT molecular complexity index is 507. The molecule has 0 bridgehead atoms. The Kier molecular flexibility index (Phi) is 3.88. The third-order valence-corrected chi connectivity index (χ3v) is 2.24. The van der Waals surface area contributed by atoms with Gasteiger partial charge in [0.1, 0.15) is 0 Å². The summed E-state index contributed by atoms with van der Waals surface area (Å²) in [6.07, 6.45) is 0.625. The number of aromatic amines is 1. The van der Waals surface area contributed by atoms with Crippen LogP contribution in [0.15, 0.2) is 35.1 Å². The van der Waals surface area contributed by atoms with Crippen molar-refractivity contribution in [3.8, 4) is 0 Å². The first kappa shape index (κ1) is 11.8. The quantitative estimate of drug-likeness (QED) is 0.811. The van der Waals surface area contributed by atoms with E-state index in [1.54, 1.807) is 0 Å². The largest absolute Gasteiger partial charge is 0.330 e. The van der Waals surface area contributed by atoms with Crippen molar-refractivity contribution in [2.24, 2.45) is 5.73 Å². The number of para-hydroxylation sites is 1. The van der Waals surface area contributed by atoms with Crippen LogP contribution in [0.2, 0.25) is 0 Å². The Hall–Kier alpha value is -1.32. The van der Waals surface area contributed by atoms with Gasteiger partial charge in [-0.15, -0.1) is 12.4 Å². The van der Waals surface area contributed by atoms with Crippen LogP contribution in [-0.4, -0.2) is 11.5 Å². The van der Waals surface area contributed by atoms with E-state index in [4.69, 9.17) is 5.73 Å². The molecule has 0 atom stereocenters. The van der Waals surface area contributed by atoms with Crippen LogP contribution in [-0.2, 0) is 6.42 Å². The number of aromatic nitrogens is 1. The lowest BCUT2D eigenvalue weighted by Crippen LogP contribution is -2.16. The summed E-state index contributed by atoms with van der Waals surface area (Å²) in [5.41, 5.74) is 7.02. The maximum Gasteiger partial charge on any atom is 0.251 e. The van der Waals surface area contributed by atoms with E-state index < -0.39 is 0 Å². The Morgan fingerprint density at radius 2 is 2.00 bits per heavy atom. The summed E-state index contributed by atoms with van der Waals surface area (Å²) in [6, 6.07) is 9.63. The van der Waals surface area contributed by atoms with Gasteiger partial charge in [-0.25, -0.2) is 0 Å². The van der Waals surface area contributed by atoms with Crippen molar-refractivity contribution in [1.82, 2.24) is 4.98 Å². The van der Waals surface area contributed by atoms with Gasteiger partial charge in [0.25, 0.3) is 5.56 Å². The summed E-state index contributed by atoms with van der Waals surface area (Å²) in [7, 11) is 0. The number of benzene rings is 1. The molecule has 1 aromatic carbocycles. The molecular weight excluding hydrogens is 212 g/mol. The number of halogens is 1. The monoisotopic (exact) mass is 224 g/mol. The van der Waals surface area contributed by atoms with E-state index in [-0.39, 0.29) is 18.0 Å². The van der Waals surface area contributed by atoms with Crippen LogP contribution in [0.25, 0.3) is 10.9 Å². The molecule has 3 nitrogen and oxygen atoms in total. The number of H-pyrrole nitrogens is 1. The first-order valence-corrected chi connectivity index (χ1v) is 4.62. The summed E-state index contributed by atoms with van der Waals surface area (Å²) in [4.78, 5) is 14.3. The standard InChI is InChI=1S/C11H12N2O.ClH/c12-6-5-9-7-8-3-1-2-4-10(8)13-11(9)14;/h1-4,7H,5-6,12H2,(H,13,14);1H. The summed E-state index contributed by atoms with van der Waals surface area (Å²) < 4.78 is 0. The fraction of sp³-hybridized carbons (Fsp3) is 0.182. The van der Waals surface area contributed by atoms with Crippen molar-refractivity contribution in [3.63, 3.8) is 0 Å². The van der Waals surface area contributed by atoms with Crippen LogP contribution >= 0.6 is 12.4 Å². The van der Waals surface area contributed by atoms with Crippen molar-refractivity contribution >= 4 is 23.3 Å². The van der Waals surface area contributed by atoms with Crippen molar-refractivity contribution in [2.45, 2.75) is 6.42 Å². The number of hydrogen-bond donors (Lipinski definition) is 2. The van der Waals surface area contributed by atoms with Gasteiger partial charge in [-0.2, -0.15) is 0 Å². The predicted octanol–water partition coefficient (Wildman–Crippen LogP) is 1.45. The van der Waals surface area contributed by atoms with Crippen LogP contribution in [0.1, 0.15) is 5.56 Å². The maximum atomic E-state index is 11.5. The van der Waals surface area contributed by atoms with Crippen molar-refractivity contribution in [2.75, 3.05) is 6.54 Å². The van der Waals surface area contributed by atoms with Crippen LogP contribution in [0, 0.1) is 0 Å². The van der Waals surface area contributed by atoms with Gasteiger partial charge in [-0.05, 0) is 30.5 Å². The molecule has 0 fully saturated rings. The number of pyridine rings is 1. The van der Waals surface area contributed by atoms with E-state index in [1.807, 2.05) is 30.3 Å². The number of nitrogens with one attached hydrogen (secondary N) is 1. The predicted molar refractivity (Wildman–Crippen MR) is 64.6 cm³/mol. The molecule has 0 aliphatic rings. The van der Waals surface area contributed by atoms with E-state index in [2.05, 4.69) is 4.98 Å². The molecule has 2 aromatic rings. The van der Waals surface area contributed by atoms with Crippen LogP contribution in [0.3, 0.4) is 0 Å². The molecule has 2 rings (SSSR count). The molecular formula is C11H13ClN2O. The van der Waals surface area contributed by atoms with Gasteiger partial charge < -0.3 is 10.7 Å². The first-order valence-electron chi connectivity index (χ1n) is 4.62. The van der Waals surface area contributed by atoms with Gasteiger partial charge in [0, 0.05) is 11.1 Å². The molecule has 3 N–H and O–H groups in total. The fourth-order valence-electron chi connectivity index (χ4n) is 1.53. The van der Waals surface area contributed by atoms with Crippen molar-refractivity contribution < 1.29 is 0 Å². The van der Waals surface area contributed by atoms with E-state index in [0.29, 0.717) is 13.0 Å². The van der Waals surface area contributed by atoms with Crippen molar-refractivity contribution in [1.29, 1.82) is 0 Å². The molecule has 80 valence electrons. The Balaban J connectivity index is 0.00000112. The zero-order valence-corrected chi connectivity index (χ0v) is 9.01. The summed E-state index contributed by atoms with van der Waals surface area (Å²) in [5.74, 6) is 0. The van der Waals surface area contributed by atoms with Gasteiger partial charge in [-0.1, -0.05) is 18.2 Å². The Morgan fingerprint density at radius 3 is 2.73 bits per heavy atom. The highest BCUT2D eigenvalue weighted by molar-refractivity contribution is 5.85. The second-order valence-electron chi connectivity index (χ2n) is 3.25. The summed E-state index contributed by atoms with van der Waals surface area (Å²) in [5, 5.41) is 1.05. The lowest BCUT2D eigenvalue weighted by atomic mass is 10.1. The molecule has 0 aliphatic carbocycles. The normalized spacial score (nSPS) is 9.93. The molecule has 15 heavy (non-hydrogen) atoms. The number of rotatable bonds is 2. The summed E-state index contributed by atoms with van der Waals surface area (Å²) in [6.45, 7) is 0.501. The third kappa shape index (κ3) is 2.37. The van der Waals surface area contributed by atoms with E-state index in [9.17, 15) is 4.79 Å². The molecule has 0 spiro atoms. The molecule has 0 saturated carbocycles. The highest BCUT2D eigenvalue weighted by Crippen LogP contribution is 2.09. The fourth-order valence-corrected chi connectivity index (χ4v) is 1.53. The number of fused-ring (bicyclic) bond motifs is 1. The highest BCUT2D eigenvalue weighted by Gasteiger charge is 2.00. The van der Waals surface area contributed by atoms with E-state index in [1.165, 1.54) is 0 Å². The third-order valence-electron chi connectivity index (χ3n) is 2.24. The van der Waals surface area contributed by atoms with Crippen LogP contribution < -0.4 is 11.3 Å². The zero-order chi connectivity index (χ0) is 9.97. The van der Waals surface area contributed by atoms with Gasteiger partial charge in [0.15, 0.2) is 0 Å². The lowest BCUT2D eigenvalue weighted by Gasteiger charge is -2.00. The van der Waals surface area contributed by atoms with Gasteiger partial charge in [0.2, 0.25) is 0 Å². The minimum atomic E-state index is -0.0332. The first-order chi connectivity index (χ1) is 6.81. The SMILES string of the molecule is Cl.NCCc1cc2ccccc2[nH]c1=O. The minimum absolute atomic E-state index is 0. The molecule has 0 radical (unpaired) electrons. The second-order valence-corrected chi connectivity index (χ2v) is 3.25.